The summed E-state index contributed by atoms with van der Waals surface area (Å²) in [4.78, 5) is 22.8. The van der Waals surface area contributed by atoms with Crippen LogP contribution in [0.15, 0.2) is 17.5 Å². The molecule has 2 aromatic heterocycles. The maximum Gasteiger partial charge on any atom is 0.270 e. The van der Waals surface area contributed by atoms with Crippen LogP contribution in [0, 0.1) is 11.8 Å². The molecule has 25 heavy (non-hydrogen) atoms. The first-order valence-electron chi connectivity index (χ1n) is 9.01. The van der Waals surface area contributed by atoms with Gasteiger partial charge >= 0.3 is 0 Å². The summed E-state index contributed by atoms with van der Waals surface area (Å²) in [7, 11) is 2.16. The summed E-state index contributed by atoms with van der Waals surface area (Å²) >= 11 is 1.64. The molecule has 2 N–H and O–H groups in total. The van der Waals surface area contributed by atoms with Crippen molar-refractivity contribution in [1.29, 1.82) is 0 Å². The number of likely N-dealkylation sites (N-methyl/N-ethyl adjacent to an activating group) is 1. The van der Waals surface area contributed by atoms with Gasteiger partial charge in [-0.05, 0) is 30.5 Å². The van der Waals surface area contributed by atoms with Crippen molar-refractivity contribution in [2.24, 2.45) is 11.8 Å². The number of rotatable bonds is 4. The molecule has 2 fully saturated rings. The van der Waals surface area contributed by atoms with Gasteiger partial charge in [0.2, 0.25) is 0 Å². The number of aliphatic hydroxyl groups is 1. The fourth-order valence-electron chi connectivity index (χ4n) is 4.01. The third-order valence-electron chi connectivity index (χ3n) is 5.66. The van der Waals surface area contributed by atoms with Gasteiger partial charge in [-0.3, -0.25) is 4.79 Å². The van der Waals surface area contributed by atoms with Crippen LogP contribution in [0.2, 0.25) is 0 Å². The number of hydrogen-bond donors (Lipinski definition) is 2. The minimum absolute atomic E-state index is 0.0581. The summed E-state index contributed by atoms with van der Waals surface area (Å²) in [6.45, 7) is 6.86. The Balaban J connectivity index is 1.41. The highest BCUT2D eigenvalue weighted by molar-refractivity contribution is 7.17. The zero-order chi connectivity index (χ0) is 17.4. The first-order chi connectivity index (χ1) is 12.1. The quantitative estimate of drug-likeness (QED) is 0.857. The maximum atomic E-state index is 12.9. The van der Waals surface area contributed by atoms with Crippen LogP contribution in [0.5, 0.6) is 0 Å². The Bertz CT molecular complexity index is 706. The monoisotopic (exact) mass is 362 g/mol. The summed E-state index contributed by atoms with van der Waals surface area (Å²) in [6, 6.07) is 3.96. The van der Waals surface area contributed by atoms with Gasteiger partial charge in [0.15, 0.2) is 0 Å². The zero-order valence-electron chi connectivity index (χ0n) is 14.6. The second kappa shape index (κ2) is 7.07. The smallest absolute Gasteiger partial charge is 0.270 e. The molecule has 2 aliphatic rings. The van der Waals surface area contributed by atoms with Crippen molar-refractivity contribution < 1.29 is 9.90 Å². The molecule has 0 saturated carbocycles. The number of piperazine rings is 1. The molecule has 1 amide bonds. The molecule has 4 heterocycles. The Morgan fingerprint density at radius 3 is 2.76 bits per heavy atom. The van der Waals surface area contributed by atoms with E-state index in [0.29, 0.717) is 18.2 Å². The van der Waals surface area contributed by atoms with Gasteiger partial charge in [-0.15, -0.1) is 11.3 Å². The minimum Gasteiger partial charge on any atom is -0.396 e. The summed E-state index contributed by atoms with van der Waals surface area (Å²) < 4.78 is 1.12. The van der Waals surface area contributed by atoms with Gasteiger partial charge in [0.25, 0.3) is 5.91 Å². The Kier molecular flexibility index (Phi) is 4.82. The lowest BCUT2D eigenvalue weighted by Gasteiger charge is -2.34. The van der Waals surface area contributed by atoms with E-state index < -0.39 is 0 Å². The zero-order valence-corrected chi connectivity index (χ0v) is 15.5. The van der Waals surface area contributed by atoms with Crippen LogP contribution in [0.1, 0.15) is 10.5 Å². The molecule has 2 atom stereocenters. The number of fused-ring (bicyclic) bond motifs is 1. The van der Waals surface area contributed by atoms with E-state index in [1.165, 1.54) is 0 Å². The van der Waals surface area contributed by atoms with E-state index in [-0.39, 0.29) is 18.4 Å². The van der Waals surface area contributed by atoms with E-state index in [1.54, 1.807) is 11.3 Å². The van der Waals surface area contributed by atoms with E-state index in [1.807, 2.05) is 22.4 Å². The number of carbonyl (C=O) groups excluding carboxylic acids is 1. The lowest BCUT2D eigenvalue weighted by Crippen LogP contribution is -2.47. The van der Waals surface area contributed by atoms with Crippen LogP contribution in [0.3, 0.4) is 0 Å². The first-order valence-corrected chi connectivity index (χ1v) is 9.89. The lowest BCUT2D eigenvalue weighted by molar-refractivity contribution is 0.0772. The second-order valence-corrected chi connectivity index (χ2v) is 8.35. The van der Waals surface area contributed by atoms with Crippen LogP contribution in [0.4, 0.5) is 0 Å². The van der Waals surface area contributed by atoms with Crippen molar-refractivity contribution in [2.75, 3.05) is 59.5 Å². The van der Waals surface area contributed by atoms with Crippen molar-refractivity contribution in [2.45, 2.75) is 0 Å². The molecule has 0 spiro atoms. The number of aliphatic hydroxyl groups excluding tert-OH is 1. The van der Waals surface area contributed by atoms with Gasteiger partial charge in [0.05, 0.1) is 10.2 Å². The van der Waals surface area contributed by atoms with E-state index in [2.05, 4.69) is 21.8 Å². The maximum absolute atomic E-state index is 12.9. The molecule has 2 unspecified atom stereocenters. The summed E-state index contributed by atoms with van der Waals surface area (Å²) in [5, 5.41) is 11.8. The average Bonchev–Trinajstić information content (AvgIpc) is 3.30. The standard InChI is InChI=1S/C18H26N4O2S/c1-20-3-5-21(6-4-20)9-13-10-22(11-14(13)12-23)18(24)16-8-17-15(19-16)2-7-25-17/h2,7-8,13-14,19,23H,3-6,9-12H2,1H3. The Morgan fingerprint density at radius 1 is 1.28 bits per heavy atom. The van der Waals surface area contributed by atoms with Gasteiger partial charge in [0.1, 0.15) is 5.69 Å². The Labute approximate surface area is 152 Å². The van der Waals surface area contributed by atoms with E-state index in [0.717, 1.165) is 49.5 Å². The Hall–Kier alpha value is -1.41. The Morgan fingerprint density at radius 2 is 2.04 bits per heavy atom. The number of nitrogens with one attached hydrogen (secondary N) is 1. The third-order valence-corrected chi connectivity index (χ3v) is 6.52. The van der Waals surface area contributed by atoms with Gasteiger partial charge in [-0.1, -0.05) is 0 Å². The summed E-state index contributed by atoms with van der Waals surface area (Å²) in [5.74, 6) is 0.593. The first kappa shape index (κ1) is 17.0. The molecular formula is C18H26N4O2S. The number of nitrogens with zero attached hydrogens (tertiary/aromatic N) is 3. The number of hydrogen-bond acceptors (Lipinski definition) is 5. The number of carbonyl (C=O) groups is 1. The predicted molar refractivity (Wildman–Crippen MR) is 100 cm³/mol. The molecule has 6 nitrogen and oxygen atoms in total. The van der Waals surface area contributed by atoms with Crippen LogP contribution < -0.4 is 0 Å². The fourth-order valence-corrected chi connectivity index (χ4v) is 4.80. The fraction of sp³-hybridized carbons (Fsp3) is 0.611. The van der Waals surface area contributed by atoms with Crippen molar-refractivity contribution in [3.05, 3.63) is 23.2 Å². The molecule has 0 aliphatic carbocycles. The topological polar surface area (TPSA) is 62.8 Å². The highest BCUT2D eigenvalue weighted by Gasteiger charge is 2.36. The number of thiophene rings is 1. The second-order valence-electron chi connectivity index (χ2n) is 7.40. The summed E-state index contributed by atoms with van der Waals surface area (Å²) in [6.07, 6.45) is 0. The molecule has 2 aliphatic heterocycles. The number of aromatic amines is 1. The highest BCUT2D eigenvalue weighted by Crippen LogP contribution is 2.27. The van der Waals surface area contributed by atoms with Crippen molar-refractivity contribution in [1.82, 2.24) is 19.7 Å². The molecule has 0 radical (unpaired) electrons. The molecular weight excluding hydrogens is 336 g/mol. The van der Waals surface area contributed by atoms with Crippen LogP contribution >= 0.6 is 11.3 Å². The van der Waals surface area contributed by atoms with Crippen LogP contribution in [0.25, 0.3) is 10.2 Å². The van der Waals surface area contributed by atoms with Gasteiger partial charge < -0.3 is 24.8 Å². The minimum atomic E-state index is 0.0581. The average molecular weight is 362 g/mol. The largest absolute Gasteiger partial charge is 0.396 e. The molecule has 136 valence electrons. The van der Waals surface area contributed by atoms with Crippen LogP contribution in [-0.4, -0.2) is 90.2 Å². The lowest BCUT2D eigenvalue weighted by atomic mass is 9.96. The predicted octanol–water partition coefficient (Wildman–Crippen LogP) is 1.16. The number of H-pyrrole nitrogens is 1. The van der Waals surface area contributed by atoms with Gasteiger partial charge in [-0.2, -0.15) is 0 Å². The normalized spacial score (nSPS) is 25.9. The molecule has 2 saturated heterocycles. The van der Waals surface area contributed by atoms with E-state index in [4.69, 9.17) is 0 Å². The molecule has 7 heteroatoms. The molecule has 2 aromatic rings. The molecule has 4 rings (SSSR count). The van der Waals surface area contributed by atoms with Gasteiger partial charge in [0, 0.05) is 58.3 Å². The van der Waals surface area contributed by atoms with E-state index in [9.17, 15) is 9.90 Å². The highest BCUT2D eigenvalue weighted by atomic mass is 32.1. The van der Waals surface area contributed by atoms with Gasteiger partial charge in [-0.25, -0.2) is 0 Å². The van der Waals surface area contributed by atoms with Crippen molar-refractivity contribution in [3.8, 4) is 0 Å². The molecule has 0 aromatic carbocycles. The number of likely N-dealkylation sites (tertiary alicyclic amines) is 1. The summed E-state index contributed by atoms with van der Waals surface area (Å²) in [5.41, 5.74) is 1.69. The van der Waals surface area contributed by atoms with Crippen molar-refractivity contribution in [3.63, 3.8) is 0 Å². The van der Waals surface area contributed by atoms with Crippen molar-refractivity contribution >= 4 is 27.5 Å². The molecule has 0 bridgehead atoms. The number of aromatic nitrogens is 1. The third kappa shape index (κ3) is 3.46. The van der Waals surface area contributed by atoms with Crippen LogP contribution in [-0.2, 0) is 0 Å². The van der Waals surface area contributed by atoms with E-state index >= 15 is 0 Å². The number of amides is 1. The SMILES string of the molecule is CN1CCN(CC2CN(C(=O)c3cc4sccc4[nH]3)CC2CO)CC1.